The molecule has 0 aromatic heterocycles. The number of carbonyl (C=O) groups is 2. The van der Waals surface area contributed by atoms with Crippen LogP contribution in [0.15, 0.2) is 0 Å². The van der Waals surface area contributed by atoms with E-state index in [-0.39, 0.29) is 18.5 Å². The van der Waals surface area contributed by atoms with Gasteiger partial charge in [0.25, 0.3) is 0 Å². The third kappa shape index (κ3) is 6.02. The molecule has 1 saturated heterocycles. The molecule has 6 nitrogen and oxygen atoms in total. The number of nitrogens with zero attached hydrogens (tertiary/aromatic N) is 1. The van der Waals surface area contributed by atoms with Gasteiger partial charge in [-0.15, -0.1) is 0 Å². The predicted octanol–water partition coefficient (Wildman–Crippen LogP) is 0.281. The molecular formula is C13H26N4O2. The van der Waals surface area contributed by atoms with Crippen molar-refractivity contribution in [3.8, 4) is 0 Å². The minimum atomic E-state index is -0.405. The number of rotatable bonds is 5. The van der Waals surface area contributed by atoms with Gasteiger partial charge in [-0.05, 0) is 45.2 Å². The molecule has 0 spiro atoms. The summed E-state index contributed by atoms with van der Waals surface area (Å²) in [4.78, 5) is 25.0. The maximum Gasteiger partial charge on any atom is 0.321 e. The first-order chi connectivity index (χ1) is 9.02. The first-order valence-electron chi connectivity index (χ1n) is 7.08. The fourth-order valence-corrected chi connectivity index (χ4v) is 2.29. The zero-order valence-corrected chi connectivity index (χ0v) is 11.9. The highest BCUT2D eigenvalue weighted by Gasteiger charge is 2.23. The van der Waals surface area contributed by atoms with E-state index in [0.717, 1.165) is 32.4 Å². The van der Waals surface area contributed by atoms with Crippen LogP contribution in [-0.2, 0) is 4.79 Å². The molecule has 1 aliphatic rings. The summed E-state index contributed by atoms with van der Waals surface area (Å²) < 4.78 is 0. The van der Waals surface area contributed by atoms with Gasteiger partial charge in [-0.25, -0.2) is 4.79 Å². The maximum absolute atomic E-state index is 11.7. The van der Waals surface area contributed by atoms with Crippen LogP contribution < -0.4 is 16.4 Å². The van der Waals surface area contributed by atoms with Crippen LogP contribution in [0, 0.1) is 5.92 Å². The largest absolute Gasteiger partial charge is 0.338 e. The van der Waals surface area contributed by atoms with Crippen molar-refractivity contribution in [1.82, 2.24) is 15.5 Å². The minimum Gasteiger partial charge on any atom is -0.338 e. The SMILES string of the molecule is CCCNC(=O)NC(=O)CN1CCC(C(C)N)CC1. The summed E-state index contributed by atoms with van der Waals surface area (Å²) in [5, 5.41) is 4.96. The molecule has 0 aromatic carbocycles. The average Bonchev–Trinajstić information content (AvgIpc) is 2.36. The van der Waals surface area contributed by atoms with Gasteiger partial charge in [0.15, 0.2) is 0 Å². The van der Waals surface area contributed by atoms with Gasteiger partial charge in [-0.3, -0.25) is 15.0 Å². The van der Waals surface area contributed by atoms with Gasteiger partial charge in [0, 0.05) is 12.6 Å². The Morgan fingerprint density at radius 2 is 2.00 bits per heavy atom. The van der Waals surface area contributed by atoms with Crippen LogP contribution in [0.25, 0.3) is 0 Å². The number of nitrogens with one attached hydrogen (secondary N) is 2. The highest BCUT2D eigenvalue weighted by Crippen LogP contribution is 2.18. The van der Waals surface area contributed by atoms with Gasteiger partial charge in [-0.1, -0.05) is 6.92 Å². The van der Waals surface area contributed by atoms with E-state index in [9.17, 15) is 9.59 Å². The fourth-order valence-electron chi connectivity index (χ4n) is 2.29. The summed E-state index contributed by atoms with van der Waals surface area (Å²) >= 11 is 0. The van der Waals surface area contributed by atoms with Gasteiger partial charge in [-0.2, -0.15) is 0 Å². The van der Waals surface area contributed by atoms with E-state index in [2.05, 4.69) is 15.5 Å². The van der Waals surface area contributed by atoms with Crippen LogP contribution >= 0.6 is 0 Å². The summed E-state index contributed by atoms with van der Waals surface area (Å²) in [7, 11) is 0. The van der Waals surface area contributed by atoms with Crippen LogP contribution in [0.1, 0.15) is 33.1 Å². The lowest BCUT2D eigenvalue weighted by Gasteiger charge is -2.33. The van der Waals surface area contributed by atoms with Crippen molar-refractivity contribution < 1.29 is 9.59 Å². The molecule has 0 aliphatic carbocycles. The van der Waals surface area contributed by atoms with E-state index in [4.69, 9.17) is 5.73 Å². The van der Waals surface area contributed by atoms with Gasteiger partial charge in [0.1, 0.15) is 0 Å². The minimum absolute atomic E-state index is 0.218. The van der Waals surface area contributed by atoms with Crippen LogP contribution in [0.4, 0.5) is 4.79 Å². The molecule has 4 N–H and O–H groups in total. The molecule has 0 radical (unpaired) electrons. The highest BCUT2D eigenvalue weighted by atomic mass is 16.2. The van der Waals surface area contributed by atoms with Crippen LogP contribution in [0.2, 0.25) is 0 Å². The second kappa shape index (κ2) is 8.12. The number of urea groups is 1. The van der Waals surface area contributed by atoms with Gasteiger partial charge >= 0.3 is 6.03 Å². The standard InChI is InChI=1S/C13H26N4O2/c1-3-6-15-13(19)16-12(18)9-17-7-4-11(5-8-17)10(2)14/h10-11H,3-9,14H2,1-2H3,(H2,15,16,18,19). The fraction of sp³-hybridized carbons (Fsp3) is 0.846. The summed E-state index contributed by atoms with van der Waals surface area (Å²) in [6.07, 6.45) is 2.90. The predicted molar refractivity (Wildman–Crippen MR) is 74.6 cm³/mol. The van der Waals surface area contributed by atoms with Crippen LogP contribution in [-0.4, -0.2) is 49.1 Å². The highest BCUT2D eigenvalue weighted by molar-refractivity contribution is 5.95. The quantitative estimate of drug-likeness (QED) is 0.669. The molecule has 1 rings (SSSR count). The van der Waals surface area contributed by atoms with Gasteiger partial charge < -0.3 is 11.1 Å². The number of nitrogens with two attached hydrogens (primary N) is 1. The summed E-state index contributed by atoms with van der Waals surface area (Å²) in [5.41, 5.74) is 5.88. The molecule has 1 heterocycles. The number of carbonyl (C=O) groups excluding carboxylic acids is 2. The maximum atomic E-state index is 11.7. The number of imide groups is 1. The third-order valence-electron chi connectivity index (χ3n) is 3.53. The second-order valence-electron chi connectivity index (χ2n) is 5.28. The van der Waals surface area contributed by atoms with E-state index >= 15 is 0 Å². The van der Waals surface area contributed by atoms with Gasteiger partial charge in [0.2, 0.25) is 5.91 Å². The normalized spacial score (nSPS) is 18.9. The average molecular weight is 270 g/mol. The second-order valence-corrected chi connectivity index (χ2v) is 5.28. The third-order valence-corrected chi connectivity index (χ3v) is 3.53. The molecule has 0 bridgehead atoms. The molecule has 1 fully saturated rings. The van der Waals surface area contributed by atoms with Crippen molar-refractivity contribution in [2.24, 2.45) is 11.7 Å². The topological polar surface area (TPSA) is 87.5 Å². The molecule has 1 aliphatic heterocycles. The van der Waals surface area contributed by atoms with Crippen LogP contribution in [0.5, 0.6) is 0 Å². The van der Waals surface area contributed by atoms with Crippen LogP contribution in [0.3, 0.4) is 0 Å². The van der Waals surface area contributed by atoms with Gasteiger partial charge in [0.05, 0.1) is 6.54 Å². The van der Waals surface area contributed by atoms with Crippen molar-refractivity contribution in [3.05, 3.63) is 0 Å². The van der Waals surface area contributed by atoms with Crippen molar-refractivity contribution in [2.75, 3.05) is 26.2 Å². The Hall–Kier alpha value is -1.14. The molecule has 0 aromatic rings. The number of hydrogen-bond acceptors (Lipinski definition) is 4. The Balaban J connectivity index is 2.21. The van der Waals surface area contributed by atoms with E-state index in [1.807, 2.05) is 13.8 Å². The van der Waals surface area contributed by atoms with E-state index < -0.39 is 6.03 Å². The van der Waals surface area contributed by atoms with Crippen molar-refractivity contribution in [1.29, 1.82) is 0 Å². The molecule has 6 heteroatoms. The van der Waals surface area contributed by atoms with Crippen molar-refractivity contribution in [3.63, 3.8) is 0 Å². The monoisotopic (exact) mass is 270 g/mol. The molecule has 1 atom stereocenters. The number of piperidine rings is 1. The smallest absolute Gasteiger partial charge is 0.321 e. The first kappa shape index (κ1) is 15.9. The van der Waals surface area contributed by atoms with E-state index in [1.54, 1.807) is 0 Å². The Bertz CT molecular complexity index is 299. The lowest BCUT2D eigenvalue weighted by molar-refractivity contribution is -0.121. The Morgan fingerprint density at radius 1 is 1.37 bits per heavy atom. The Labute approximate surface area is 115 Å². The zero-order chi connectivity index (χ0) is 14.3. The van der Waals surface area contributed by atoms with E-state index in [1.165, 1.54) is 0 Å². The number of amides is 3. The molecule has 1 unspecified atom stereocenters. The Morgan fingerprint density at radius 3 is 2.53 bits per heavy atom. The zero-order valence-electron chi connectivity index (χ0n) is 11.9. The van der Waals surface area contributed by atoms with Crippen molar-refractivity contribution >= 4 is 11.9 Å². The lowest BCUT2D eigenvalue weighted by atomic mass is 9.91. The van der Waals surface area contributed by atoms with Crippen molar-refractivity contribution in [2.45, 2.75) is 39.2 Å². The first-order valence-corrected chi connectivity index (χ1v) is 7.08. The molecular weight excluding hydrogens is 244 g/mol. The Kier molecular flexibility index (Phi) is 6.80. The summed E-state index contributed by atoms with van der Waals surface area (Å²) in [6.45, 7) is 6.60. The molecule has 3 amide bonds. The number of hydrogen-bond donors (Lipinski definition) is 3. The molecule has 19 heavy (non-hydrogen) atoms. The number of likely N-dealkylation sites (tertiary alicyclic amines) is 1. The van der Waals surface area contributed by atoms with E-state index in [0.29, 0.717) is 12.5 Å². The molecule has 110 valence electrons. The lowest BCUT2D eigenvalue weighted by Crippen LogP contribution is -2.47. The summed E-state index contributed by atoms with van der Waals surface area (Å²) in [6, 6.07) is -0.187. The summed E-state index contributed by atoms with van der Waals surface area (Å²) in [5.74, 6) is 0.306. The molecule has 0 saturated carbocycles.